The lowest BCUT2D eigenvalue weighted by molar-refractivity contribution is -0.117. The highest BCUT2D eigenvalue weighted by Gasteiger charge is 2.32. The molecule has 1 fully saturated rings. The molecule has 1 aliphatic rings. The number of hydrogen-bond donors (Lipinski definition) is 1. The molecule has 1 aromatic heterocycles. The Morgan fingerprint density at radius 3 is 2.85 bits per heavy atom. The summed E-state index contributed by atoms with van der Waals surface area (Å²) in [5.74, 6) is 0.393. The number of amides is 2. The average molecular weight is 364 g/mol. The van der Waals surface area contributed by atoms with Crippen LogP contribution < -0.4 is 15.0 Å². The van der Waals surface area contributed by atoms with Crippen LogP contribution in [0, 0.1) is 0 Å². The van der Waals surface area contributed by atoms with Crippen LogP contribution in [0.15, 0.2) is 48.5 Å². The Morgan fingerprint density at radius 2 is 2.04 bits per heavy atom. The molecule has 4 rings (SSSR count). The zero-order valence-electron chi connectivity index (χ0n) is 15.2. The maximum atomic E-state index is 12.7. The second-order valence-corrected chi connectivity index (χ2v) is 6.57. The smallest absolute Gasteiger partial charge is 0.272 e. The van der Waals surface area contributed by atoms with Crippen molar-refractivity contribution >= 4 is 28.4 Å². The van der Waals surface area contributed by atoms with Gasteiger partial charge in [-0.3, -0.25) is 14.3 Å². The van der Waals surface area contributed by atoms with Crippen LogP contribution in [0.2, 0.25) is 0 Å². The van der Waals surface area contributed by atoms with Crippen LogP contribution in [0.4, 0.5) is 5.69 Å². The third-order valence-corrected chi connectivity index (χ3v) is 4.80. The van der Waals surface area contributed by atoms with Crippen molar-refractivity contribution in [2.45, 2.75) is 12.5 Å². The Bertz CT molecular complexity index is 1030. The summed E-state index contributed by atoms with van der Waals surface area (Å²) in [6.45, 7) is 0.419. The van der Waals surface area contributed by atoms with Crippen molar-refractivity contribution in [3.05, 3.63) is 54.2 Å². The monoisotopic (exact) mass is 364 g/mol. The molecule has 2 heterocycles. The van der Waals surface area contributed by atoms with E-state index in [1.165, 1.54) is 0 Å². The van der Waals surface area contributed by atoms with E-state index in [-0.39, 0.29) is 24.3 Å². The topological polar surface area (TPSA) is 76.5 Å². The van der Waals surface area contributed by atoms with E-state index in [2.05, 4.69) is 10.4 Å². The number of para-hydroxylation sites is 1. The van der Waals surface area contributed by atoms with E-state index in [4.69, 9.17) is 4.74 Å². The molecule has 7 nitrogen and oxygen atoms in total. The van der Waals surface area contributed by atoms with Crippen molar-refractivity contribution in [1.29, 1.82) is 0 Å². The van der Waals surface area contributed by atoms with Crippen LogP contribution in [-0.2, 0) is 11.8 Å². The number of aryl methyl sites for hydroxylation is 1. The first-order chi connectivity index (χ1) is 13.1. The van der Waals surface area contributed by atoms with Crippen molar-refractivity contribution < 1.29 is 14.3 Å². The molecule has 2 amide bonds. The van der Waals surface area contributed by atoms with Crippen LogP contribution in [0.5, 0.6) is 5.75 Å². The normalized spacial score (nSPS) is 16.7. The molecule has 1 atom stereocenters. The first-order valence-electron chi connectivity index (χ1n) is 8.74. The van der Waals surface area contributed by atoms with Crippen LogP contribution in [-0.4, -0.2) is 41.3 Å². The van der Waals surface area contributed by atoms with E-state index >= 15 is 0 Å². The third-order valence-electron chi connectivity index (χ3n) is 4.80. The van der Waals surface area contributed by atoms with Crippen molar-refractivity contribution in [2.24, 2.45) is 7.05 Å². The minimum absolute atomic E-state index is 0.0283. The number of carbonyl (C=O) groups excluding carboxylic acids is 2. The number of carbonyl (C=O) groups is 2. The van der Waals surface area contributed by atoms with Crippen molar-refractivity contribution in [2.75, 3.05) is 18.6 Å². The highest BCUT2D eigenvalue weighted by molar-refractivity contribution is 6.05. The summed E-state index contributed by atoms with van der Waals surface area (Å²) in [6, 6.07) is 14.7. The molecule has 2 aromatic carbocycles. The van der Waals surface area contributed by atoms with Gasteiger partial charge in [0.2, 0.25) is 5.91 Å². The standard InChI is InChI=1S/C20H20N4O3/c1-23-17-9-4-3-8-16(17)19(22-23)20(26)21-13-10-18(25)24(12-13)14-6-5-7-15(11-14)27-2/h3-9,11,13H,10,12H2,1-2H3,(H,21,26). The van der Waals surface area contributed by atoms with Gasteiger partial charge in [-0.25, -0.2) is 0 Å². The molecular formula is C20H20N4O3. The molecule has 0 radical (unpaired) electrons. The summed E-state index contributed by atoms with van der Waals surface area (Å²) in [6.07, 6.45) is 0.258. The summed E-state index contributed by atoms with van der Waals surface area (Å²) < 4.78 is 6.91. The second kappa shape index (κ2) is 6.75. The lowest BCUT2D eigenvalue weighted by Gasteiger charge is -2.17. The molecule has 27 heavy (non-hydrogen) atoms. The zero-order valence-corrected chi connectivity index (χ0v) is 15.2. The highest BCUT2D eigenvalue weighted by Crippen LogP contribution is 2.26. The van der Waals surface area contributed by atoms with Crippen LogP contribution in [0.1, 0.15) is 16.9 Å². The molecule has 1 aliphatic heterocycles. The van der Waals surface area contributed by atoms with Gasteiger partial charge in [0.1, 0.15) is 5.75 Å². The Kier molecular flexibility index (Phi) is 4.27. The van der Waals surface area contributed by atoms with E-state index in [0.717, 1.165) is 16.6 Å². The number of benzene rings is 2. The molecule has 1 N–H and O–H groups in total. The molecule has 3 aromatic rings. The Morgan fingerprint density at radius 1 is 1.22 bits per heavy atom. The lowest BCUT2D eigenvalue weighted by atomic mass is 10.2. The van der Waals surface area contributed by atoms with Gasteiger partial charge in [0.25, 0.3) is 5.91 Å². The SMILES string of the molecule is COc1cccc(N2CC(NC(=O)c3nn(C)c4ccccc34)CC2=O)c1. The van der Waals surface area contributed by atoms with E-state index in [9.17, 15) is 9.59 Å². The van der Waals surface area contributed by atoms with E-state index < -0.39 is 0 Å². The predicted octanol–water partition coefficient (Wildman–Crippen LogP) is 2.12. The maximum absolute atomic E-state index is 12.7. The van der Waals surface area contributed by atoms with Crippen molar-refractivity contribution in [3.63, 3.8) is 0 Å². The first-order valence-corrected chi connectivity index (χ1v) is 8.74. The number of nitrogens with zero attached hydrogens (tertiary/aromatic N) is 3. The van der Waals surface area contributed by atoms with Gasteiger partial charge < -0.3 is 15.0 Å². The lowest BCUT2D eigenvalue weighted by Crippen LogP contribution is -2.37. The summed E-state index contributed by atoms with van der Waals surface area (Å²) in [5.41, 5.74) is 2.03. The van der Waals surface area contributed by atoms with Gasteiger partial charge in [-0.05, 0) is 18.2 Å². The molecule has 0 aliphatic carbocycles. The minimum Gasteiger partial charge on any atom is -0.497 e. The average Bonchev–Trinajstić information content (AvgIpc) is 3.22. The number of ether oxygens (including phenoxy) is 1. The van der Waals surface area contributed by atoms with Gasteiger partial charge in [0, 0.05) is 37.2 Å². The van der Waals surface area contributed by atoms with Gasteiger partial charge in [-0.1, -0.05) is 24.3 Å². The molecular weight excluding hydrogens is 344 g/mol. The summed E-state index contributed by atoms with van der Waals surface area (Å²) in [7, 11) is 3.40. The zero-order chi connectivity index (χ0) is 19.0. The van der Waals surface area contributed by atoms with E-state index in [1.54, 1.807) is 16.7 Å². The fourth-order valence-corrected chi connectivity index (χ4v) is 3.47. The van der Waals surface area contributed by atoms with Crippen molar-refractivity contribution in [1.82, 2.24) is 15.1 Å². The third kappa shape index (κ3) is 3.12. The summed E-state index contributed by atoms with van der Waals surface area (Å²) >= 11 is 0. The molecule has 1 saturated heterocycles. The predicted molar refractivity (Wildman–Crippen MR) is 102 cm³/mol. The highest BCUT2D eigenvalue weighted by atomic mass is 16.5. The van der Waals surface area contributed by atoms with E-state index in [0.29, 0.717) is 18.0 Å². The number of anilines is 1. The summed E-state index contributed by atoms with van der Waals surface area (Å²) in [4.78, 5) is 26.8. The number of rotatable bonds is 4. The number of nitrogens with one attached hydrogen (secondary N) is 1. The van der Waals surface area contributed by atoms with Crippen LogP contribution in [0.3, 0.4) is 0 Å². The summed E-state index contributed by atoms with van der Waals surface area (Å²) in [5, 5.41) is 8.09. The second-order valence-electron chi connectivity index (χ2n) is 6.57. The van der Waals surface area contributed by atoms with Gasteiger partial charge in [-0.15, -0.1) is 0 Å². The fourth-order valence-electron chi connectivity index (χ4n) is 3.47. The number of fused-ring (bicyclic) bond motifs is 1. The number of aromatic nitrogens is 2. The molecule has 0 bridgehead atoms. The van der Waals surface area contributed by atoms with Crippen LogP contribution >= 0.6 is 0 Å². The molecule has 138 valence electrons. The largest absolute Gasteiger partial charge is 0.497 e. The van der Waals surface area contributed by atoms with Gasteiger partial charge in [0.05, 0.1) is 18.7 Å². The quantitative estimate of drug-likeness (QED) is 0.769. The number of hydrogen-bond acceptors (Lipinski definition) is 4. The van der Waals surface area contributed by atoms with Gasteiger partial charge in [0.15, 0.2) is 5.69 Å². The number of methoxy groups -OCH3 is 1. The first kappa shape index (κ1) is 17.1. The molecule has 7 heteroatoms. The molecule has 1 unspecified atom stereocenters. The minimum atomic E-state index is -0.267. The fraction of sp³-hybridized carbons (Fsp3) is 0.250. The van der Waals surface area contributed by atoms with Crippen LogP contribution in [0.25, 0.3) is 10.9 Å². The molecule has 0 spiro atoms. The van der Waals surface area contributed by atoms with Gasteiger partial charge >= 0.3 is 0 Å². The van der Waals surface area contributed by atoms with Crippen molar-refractivity contribution in [3.8, 4) is 5.75 Å². The Labute approximate surface area is 156 Å². The van der Waals surface area contributed by atoms with Gasteiger partial charge in [-0.2, -0.15) is 5.10 Å². The Hall–Kier alpha value is -3.35. The molecule has 0 saturated carbocycles. The maximum Gasteiger partial charge on any atom is 0.272 e. The van der Waals surface area contributed by atoms with E-state index in [1.807, 2.05) is 55.6 Å². The Balaban J connectivity index is 1.52.